The van der Waals surface area contributed by atoms with Gasteiger partial charge in [0.05, 0.1) is 11.1 Å². The molecule has 0 spiro atoms. The molecule has 2 nitrogen and oxygen atoms in total. The molecular weight excluding hydrogens is 256 g/mol. The molecular formula is C13H13ClO2S. The van der Waals surface area contributed by atoms with Crippen LogP contribution >= 0.6 is 22.9 Å². The smallest absolute Gasteiger partial charge is 0.134 e. The lowest BCUT2D eigenvalue weighted by atomic mass is 10.1. The second-order valence-electron chi connectivity index (χ2n) is 3.86. The van der Waals surface area contributed by atoms with E-state index in [1.54, 1.807) is 23.5 Å². The van der Waals surface area contributed by atoms with Gasteiger partial charge in [0, 0.05) is 4.88 Å². The highest BCUT2D eigenvalue weighted by molar-refractivity contribution is 7.10. The minimum atomic E-state index is -0.428. The van der Waals surface area contributed by atoms with Crippen LogP contribution in [0.15, 0.2) is 35.7 Å². The average molecular weight is 269 g/mol. The first-order valence-corrected chi connectivity index (χ1v) is 6.61. The summed E-state index contributed by atoms with van der Waals surface area (Å²) in [5.74, 6) is 0.0919. The molecule has 0 aliphatic rings. The van der Waals surface area contributed by atoms with Crippen LogP contribution in [0.3, 0.4) is 0 Å². The Morgan fingerprint density at radius 3 is 2.76 bits per heavy atom. The van der Waals surface area contributed by atoms with E-state index in [2.05, 4.69) is 0 Å². The van der Waals surface area contributed by atoms with Gasteiger partial charge in [-0.15, -0.1) is 11.3 Å². The van der Waals surface area contributed by atoms with Crippen LogP contribution < -0.4 is 0 Å². The number of halogens is 1. The molecule has 1 heterocycles. The fourth-order valence-corrected chi connectivity index (χ4v) is 2.58. The second kappa shape index (κ2) is 5.54. The van der Waals surface area contributed by atoms with Crippen molar-refractivity contribution in [2.75, 3.05) is 0 Å². The number of aromatic hydroxyl groups is 1. The van der Waals surface area contributed by atoms with Crippen molar-refractivity contribution >= 4 is 22.9 Å². The van der Waals surface area contributed by atoms with E-state index in [0.29, 0.717) is 11.4 Å². The lowest BCUT2D eigenvalue weighted by Gasteiger charge is -2.08. The summed E-state index contributed by atoms with van der Waals surface area (Å²) in [6.45, 7) is 0. The molecule has 0 fully saturated rings. The minimum Gasteiger partial charge on any atom is -0.506 e. The van der Waals surface area contributed by atoms with Gasteiger partial charge < -0.3 is 10.2 Å². The molecule has 0 aliphatic heterocycles. The van der Waals surface area contributed by atoms with Crippen LogP contribution in [0, 0.1) is 0 Å². The number of hydrogen-bond acceptors (Lipinski definition) is 3. The molecule has 0 bridgehead atoms. The monoisotopic (exact) mass is 268 g/mol. The molecule has 0 saturated carbocycles. The molecule has 0 aliphatic carbocycles. The lowest BCUT2D eigenvalue weighted by Crippen LogP contribution is -1.97. The van der Waals surface area contributed by atoms with Crippen molar-refractivity contribution in [3.8, 4) is 5.75 Å². The molecule has 4 heteroatoms. The van der Waals surface area contributed by atoms with Crippen LogP contribution in [0.2, 0.25) is 5.02 Å². The van der Waals surface area contributed by atoms with Crippen molar-refractivity contribution in [1.29, 1.82) is 0 Å². The van der Waals surface area contributed by atoms with E-state index in [-0.39, 0.29) is 5.75 Å². The van der Waals surface area contributed by atoms with Gasteiger partial charge >= 0.3 is 0 Å². The van der Waals surface area contributed by atoms with E-state index in [9.17, 15) is 10.2 Å². The van der Waals surface area contributed by atoms with Crippen molar-refractivity contribution in [2.24, 2.45) is 0 Å². The molecule has 0 saturated heterocycles. The predicted octanol–water partition coefficient (Wildman–Crippen LogP) is 3.77. The first-order valence-electron chi connectivity index (χ1n) is 5.35. The lowest BCUT2D eigenvalue weighted by molar-refractivity contribution is 0.171. The highest BCUT2D eigenvalue weighted by atomic mass is 35.5. The number of benzene rings is 1. The van der Waals surface area contributed by atoms with Gasteiger partial charge in [0.2, 0.25) is 0 Å². The fourth-order valence-electron chi connectivity index (χ4n) is 1.63. The number of aryl methyl sites for hydroxylation is 1. The van der Waals surface area contributed by atoms with Crippen LogP contribution in [0.5, 0.6) is 5.75 Å². The molecule has 0 radical (unpaired) electrons. The van der Waals surface area contributed by atoms with Gasteiger partial charge in [0.1, 0.15) is 5.75 Å². The minimum absolute atomic E-state index is 0.0919. The van der Waals surface area contributed by atoms with E-state index >= 15 is 0 Å². The third kappa shape index (κ3) is 3.22. The van der Waals surface area contributed by atoms with Crippen molar-refractivity contribution in [1.82, 2.24) is 0 Å². The summed E-state index contributed by atoms with van der Waals surface area (Å²) >= 11 is 7.37. The number of phenols is 1. The topological polar surface area (TPSA) is 40.5 Å². The van der Waals surface area contributed by atoms with Crippen molar-refractivity contribution in [3.05, 3.63) is 51.2 Å². The van der Waals surface area contributed by atoms with E-state index in [0.717, 1.165) is 16.9 Å². The molecule has 1 atom stereocenters. The largest absolute Gasteiger partial charge is 0.506 e. The van der Waals surface area contributed by atoms with Gasteiger partial charge in [0.15, 0.2) is 0 Å². The summed E-state index contributed by atoms with van der Waals surface area (Å²) in [5.41, 5.74) is 1.02. The highest BCUT2D eigenvalue weighted by Gasteiger charge is 2.09. The molecule has 2 N–H and O–H groups in total. The van der Waals surface area contributed by atoms with Gasteiger partial charge in [0.25, 0.3) is 0 Å². The summed E-state index contributed by atoms with van der Waals surface area (Å²) in [6, 6.07) is 9.00. The van der Waals surface area contributed by atoms with Crippen molar-refractivity contribution in [3.63, 3.8) is 0 Å². The third-order valence-corrected chi connectivity index (χ3v) is 3.87. The maximum atomic E-state index is 9.92. The number of rotatable bonds is 4. The van der Waals surface area contributed by atoms with Crippen LogP contribution in [-0.2, 0) is 6.42 Å². The Hall–Kier alpha value is -1.03. The summed E-state index contributed by atoms with van der Waals surface area (Å²) in [4.78, 5) is 0.981. The third-order valence-electron chi connectivity index (χ3n) is 2.59. The zero-order valence-corrected chi connectivity index (χ0v) is 10.7. The second-order valence-corrected chi connectivity index (χ2v) is 5.24. The molecule has 0 amide bonds. The van der Waals surface area contributed by atoms with Crippen LogP contribution in [0.4, 0.5) is 0 Å². The molecule has 90 valence electrons. The maximum absolute atomic E-state index is 9.92. The van der Waals surface area contributed by atoms with Gasteiger partial charge in [-0.2, -0.15) is 0 Å². The van der Waals surface area contributed by atoms with E-state index in [4.69, 9.17) is 11.6 Å². The first kappa shape index (κ1) is 12.4. The number of phenolic OH excluding ortho intramolecular Hbond substituents is 1. The zero-order chi connectivity index (χ0) is 12.3. The number of hydrogen-bond donors (Lipinski definition) is 2. The summed E-state index contributed by atoms with van der Waals surface area (Å²) < 4.78 is 0. The van der Waals surface area contributed by atoms with Gasteiger partial charge in [-0.05, 0) is 42.0 Å². The maximum Gasteiger partial charge on any atom is 0.134 e. The van der Waals surface area contributed by atoms with Crippen LogP contribution in [0.1, 0.15) is 23.0 Å². The van der Waals surface area contributed by atoms with Crippen molar-refractivity contribution in [2.45, 2.75) is 18.9 Å². The molecule has 17 heavy (non-hydrogen) atoms. The predicted molar refractivity (Wildman–Crippen MR) is 70.7 cm³/mol. The average Bonchev–Trinajstić information content (AvgIpc) is 2.84. The molecule has 2 rings (SSSR count). The Morgan fingerprint density at radius 1 is 1.29 bits per heavy atom. The molecule has 1 aromatic heterocycles. The standard InChI is InChI=1S/C13H13ClO2S/c14-10-8-9(3-5-11(10)15)4-6-12(16)13-2-1-7-17-13/h1-3,5,7-8,12,15-16H,4,6H2. The van der Waals surface area contributed by atoms with Crippen LogP contribution in [0.25, 0.3) is 0 Å². The van der Waals surface area contributed by atoms with E-state index in [1.165, 1.54) is 0 Å². The summed E-state index contributed by atoms with van der Waals surface area (Å²) in [5, 5.41) is 21.5. The first-order chi connectivity index (χ1) is 8.16. The Kier molecular flexibility index (Phi) is 4.05. The summed E-state index contributed by atoms with van der Waals surface area (Å²) in [7, 11) is 0. The highest BCUT2D eigenvalue weighted by Crippen LogP contribution is 2.27. The number of thiophene rings is 1. The Labute approximate surface area is 109 Å². The Morgan fingerprint density at radius 2 is 2.12 bits per heavy atom. The van der Waals surface area contributed by atoms with Crippen molar-refractivity contribution < 1.29 is 10.2 Å². The molecule has 1 aromatic carbocycles. The number of aliphatic hydroxyl groups excluding tert-OH is 1. The van der Waals surface area contributed by atoms with Crippen LogP contribution in [-0.4, -0.2) is 10.2 Å². The van der Waals surface area contributed by atoms with Gasteiger partial charge in [-0.25, -0.2) is 0 Å². The van der Waals surface area contributed by atoms with Gasteiger partial charge in [-0.3, -0.25) is 0 Å². The quantitative estimate of drug-likeness (QED) is 0.886. The molecule has 2 aromatic rings. The van der Waals surface area contributed by atoms with E-state index in [1.807, 2.05) is 23.6 Å². The SMILES string of the molecule is Oc1ccc(CCC(O)c2cccs2)cc1Cl. The van der Waals surface area contributed by atoms with Gasteiger partial charge in [-0.1, -0.05) is 23.7 Å². The Bertz CT molecular complexity index is 482. The summed E-state index contributed by atoms with van der Waals surface area (Å²) in [6.07, 6.45) is 0.961. The molecule has 1 unspecified atom stereocenters. The number of aliphatic hydroxyl groups is 1. The zero-order valence-electron chi connectivity index (χ0n) is 9.14. The Balaban J connectivity index is 1.96. The fraction of sp³-hybridized carbons (Fsp3) is 0.231. The van der Waals surface area contributed by atoms with E-state index < -0.39 is 6.10 Å². The normalized spacial score (nSPS) is 12.6.